The molecular formula is C11H14N4S. The fourth-order valence-electron chi connectivity index (χ4n) is 1.70. The second-order valence-corrected chi connectivity index (χ2v) is 4.99. The molecule has 1 aliphatic rings. The van der Waals surface area contributed by atoms with E-state index in [0.29, 0.717) is 23.0 Å². The molecule has 0 aliphatic carbocycles. The molecule has 1 saturated heterocycles. The van der Waals surface area contributed by atoms with Crippen molar-refractivity contribution in [3.63, 3.8) is 0 Å². The molecule has 84 valence electrons. The van der Waals surface area contributed by atoms with Gasteiger partial charge in [-0.1, -0.05) is 0 Å². The van der Waals surface area contributed by atoms with Crippen LogP contribution in [-0.2, 0) is 0 Å². The van der Waals surface area contributed by atoms with E-state index in [1.54, 1.807) is 12.3 Å². The van der Waals surface area contributed by atoms with Gasteiger partial charge in [0.1, 0.15) is 6.07 Å². The number of anilines is 2. The summed E-state index contributed by atoms with van der Waals surface area (Å²) in [4.78, 5) is 4.15. The normalized spacial score (nSPS) is 19.3. The van der Waals surface area contributed by atoms with E-state index >= 15 is 0 Å². The Morgan fingerprint density at radius 2 is 2.56 bits per heavy atom. The molecule has 0 saturated carbocycles. The average Bonchev–Trinajstić information content (AvgIpc) is 2.81. The first-order chi connectivity index (χ1) is 7.81. The van der Waals surface area contributed by atoms with Gasteiger partial charge >= 0.3 is 0 Å². The zero-order valence-electron chi connectivity index (χ0n) is 8.94. The number of aromatic nitrogens is 1. The van der Waals surface area contributed by atoms with E-state index in [0.717, 1.165) is 6.54 Å². The molecule has 16 heavy (non-hydrogen) atoms. The van der Waals surface area contributed by atoms with Gasteiger partial charge in [-0.25, -0.2) is 4.98 Å². The van der Waals surface area contributed by atoms with Crippen LogP contribution in [0.1, 0.15) is 12.0 Å². The summed E-state index contributed by atoms with van der Waals surface area (Å²) in [5, 5.41) is 12.1. The van der Waals surface area contributed by atoms with Crippen LogP contribution in [0.5, 0.6) is 0 Å². The highest BCUT2D eigenvalue weighted by Gasteiger charge is 2.15. The lowest BCUT2D eigenvalue weighted by Gasteiger charge is -2.12. The van der Waals surface area contributed by atoms with Gasteiger partial charge in [-0.3, -0.25) is 0 Å². The topological polar surface area (TPSA) is 74.7 Å². The van der Waals surface area contributed by atoms with E-state index in [9.17, 15) is 0 Å². The number of rotatable bonds is 3. The van der Waals surface area contributed by atoms with Crippen LogP contribution in [0.25, 0.3) is 0 Å². The predicted octanol–water partition coefficient (Wildman–Crippen LogP) is 1.70. The lowest BCUT2D eigenvalue weighted by Crippen LogP contribution is -2.15. The van der Waals surface area contributed by atoms with Gasteiger partial charge in [0.2, 0.25) is 0 Å². The van der Waals surface area contributed by atoms with Crippen molar-refractivity contribution in [2.24, 2.45) is 5.92 Å². The van der Waals surface area contributed by atoms with Gasteiger partial charge in [0.25, 0.3) is 0 Å². The molecule has 1 atom stereocenters. The van der Waals surface area contributed by atoms with Gasteiger partial charge in [0.05, 0.1) is 11.3 Å². The number of nitrogens with zero attached hydrogens (tertiary/aromatic N) is 2. The fraction of sp³-hybridized carbons (Fsp3) is 0.455. The summed E-state index contributed by atoms with van der Waals surface area (Å²) in [5.74, 6) is 3.77. The van der Waals surface area contributed by atoms with Gasteiger partial charge in [0.15, 0.2) is 5.82 Å². The smallest absolute Gasteiger partial charge is 0.150 e. The molecule has 0 bridgehead atoms. The highest BCUT2D eigenvalue weighted by Crippen LogP contribution is 2.25. The van der Waals surface area contributed by atoms with Gasteiger partial charge < -0.3 is 11.1 Å². The van der Waals surface area contributed by atoms with Crippen LogP contribution in [-0.4, -0.2) is 23.0 Å². The van der Waals surface area contributed by atoms with Crippen molar-refractivity contribution in [3.05, 3.63) is 17.8 Å². The second-order valence-electron chi connectivity index (χ2n) is 3.84. The number of nitrogen functional groups attached to an aromatic ring is 1. The molecule has 1 aromatic heterocycles. The van der Waals surface area contributed by atoms with E-state index in [2.05, 4.69) is 16.4 Å². The van der Waals surface area contributed by atoms with Crippen LogP contribution in [0.3, 0.4) is 0 Å². The number of hydrogen-bond donors (Lipinski definition) is 2. The van der Waals surface area contributed by atoms with E-state index in [1.807, 2.05) is 11.8 Å². The summed E-state index contributed by atoms with van der Waals surface area (Å²) >= 11 is 1.99. The summed E-state index contributed by atoms with van der Waals surface area (Å²) in [6.07, 6.45) is 2.86. The van der Waals surface area contributed by atoms with Crippen LogP contribution >= 0.6 is 11.8 Å². The second kappa shape index (κ2) is 5.08. The van der Waals surface area contributed by atoms with Crippen molar-refractivity contribution >= 4 is 23.3 Å². The highest BCUT2D eigenvalue weighted by molar-refractivity contribution is 7.99. The maximum absolute atomic E-state index is 8.83. The first-order valence-corrected chi connectivity index (χ1v) is 6.43. The molecule has 0 amide bonds. The van der Waals surface area contributed by atoms with Crippen molar-refractivity contribution in [3.8, 4) is 6.07 Å². The van der Waals surface area contributed by atoms with Crippen molar-refractivity contribution in [1.29, 1.82) is 5.26 Å². The third kappa shape index (κ3) is 2.39. The van der Waals surface area contributed by atoms with Crippen molar-refractivity contribution in [2.75, 3.05) is 29.1 Å². The number of nitriles is 1. The molecule has 3 N–H and O–H groups in total. The van der Waals surface area contributed by atoms with Crippen LogP contribution in [0.4, 0.5) is 11.5 Å². The summed E-state index contributed by atoms with van der Waals surface area (Å²) in [6.45, 7) is 0.888. The standard InChI is InChI=1S/C11H14N4S/c12-5-9-1-3-14-11(10(9)13)15-6-8-2-4-16-7-8/h1,3,8H,2,4,6-7,13H2,(H,14,15). The van der Waals surface area contributed by atoms with Crippen LogP contribution in [0.15, 0.2) is 12.3 Å². The summed E-state index contributed by atoms with van der Waals surface area (Å²) in [6, 6.07) is 3.69. The minimum absolute atomic E-state index is 0.454. The van der Waals surface area contributed by atoms with Crippen LogP contribution in [0.2, 0.25) is 0 Å². The number of hydrogen-bond acceptors (Lipinski definition) is 5. The maximum Gasteiger partial charge on any atom is 0.150 e. The van der Waals surface area contributed by atoms with Crippen molar-refractivity contribution < 1.29 is 0 Å². The highest BCUT2D eigenvalue weighted by atomic mass is 32.2. The third-order valence-corrected chi connectivity index (χ3v) is 3.92. The zero-order chi connectivity index (χ0) is 11.4. The SMILES string of the molecule is N#Cc1ccnc(NCC2CCSC2)c1N. The fourth-order valence-corrected chi connectivity index (χ4v) is 2.98. The Bertz CT molecular complexity index is 407. The minimum Gasteiger partial charge on any atom is -0.395 e. The summed E-state index contributed by atoms with van der Waals surface area (Å²) < 4.78 is 0. The Labute approximate surface area is 99.2 Å². The number of nitrogens with one attached hydrogen (secondary N) is 1. The molecule has 1 fully saturated rings. The van der Waals surface area contributed by atoms with E-state index < -0.39 is 0 Å². The monoisotopic (exact) mass is 234 g/mol. The van der Waals surface area contributed by atoms with Crippen molar-refractivity contribution in [2.45, 2.75) is 6.42 Å². The lowest BCUT2D eigenvalue weighted by molar-refractivity contribution is 0.631. The number of nitrogens with two attached hydrogens (primary N) is 1. The third-order valence-electron chi connectivity index (χ3n) is 2.69. The molecule has 0 spiro atoms. The Morgan fingerprint density at radius 3 is 3.25 bits per heavy atom. The number of thioether (sulfide) groups is 1. The largest absolute Gasteiger partial charge is 0.395 e. The Morgan fingerprint density at radius 1 is 1.69 bits per heavy atom. The molecule has 0 aromatic carbocycles. The van der Waals surface area contributed by atoms with Crippen molar-refractivity contribution in [1.82, 2.24) is 4.98 Å². The maximum atomic E-state index is 8.83. The summed E-state index contributed by atoms with van der Waals surface area (Å²) in [7, 11) is 0. The van der Waals surface area contributed by atoms with Gasteiger partial charge in [-0.15, -0.1) is 0 Å². The molecule has 4 nitrogen and oxygen atoms in total. The molecule has 2 rings (SSSR count). The molecule has 5 heteroatoms. The molecule has 2 heterocycles. The number of pyridine rings is 1. The van der Waals surface area contributed by atoms with Crippen LogP contribution in [0, 0.1) is 17.2 Å². The molecular weight excluding hydrogens is 220 g/mol. The van der Waals surface area contributed by atoms with E-state index in [4.69, 9.17) is 11.0 Å². The Hall–Kier alpha value is -1.41. The molecule has 1 aromatic rings. The Balaban J connectivity index is 2.01. The zero-order valence-corrected chi connectivity index (χ0v) is 9.76. The van der Waals surface area contributed by atoms with Crippen LogP contribution < -0.4 is 11.1 Å². The van der Waals surface area contributed by atoms with E-state index in [1.165, 1.54) is 17.9 Å². The van der Waals surface area contributed by atoms with E-state index in [-0.39, 0.29) is 0 Å². The first kappa shape index (κ1) is 11.1. The van der Waals surface area contributed by atoms with Gasteiger partial charge in [0, 0.05) is 12.7 Å². The van der Waals surface area contributed by atoms with Gasteiger partial charge in [-0.05, 0) is 29.9 Å². The predicted molar refractivity (Wildman–Crippen MR) is 67.3 cm³/mol. The minimum atomic E-state index is 0.454. The Kier molecular flexibility index (Phi) is 3.52. The first-order valence-electron chi connectivity index (χ1n) is 5.27. The molecule has 0 radical (unpaired) electrons. The quantitative estimate of drug-likeness (QED) is 0.832. The lowest BCUT2D eigenvalue weighted by atomic mass is 10.1. The average molecular weight is 234 g/mol. The summed E-state index contributed by atoms with van der Waals surface area (Å²) in [5.41, 5.74) is 6.76. The molecule has 1 unspecified atom stereocenters. The van der Waals surface area contributed by atoms with Gasteiger partial charge in [-0.2, -0.15) is 17.0 Å². The molecule has 1 aliphatic heterocycles.